The van der Waals surface area contributed by atoms with Crippen LogP contribution in [0.5, 0.6) is 0 Å². The van der Waals surface area contributed by atoms with E-state index in [1.807, 2.05) is 0 Å². The number of hydrogen-bond acceptors (Lipinski definition) is 1. The highest BCUT2D eigenvalue weighted by atomic mass is 16.3. The van der Waals surface area contributed by atoms with Gasteiger partial charge in [0.2, 0.25) is 0 Å². The largest absolute Gasteiger partial charge is 0.456 e. The van der Waals surface area contributed by atoms with Crippen LogP contribution in [-0.4, -0.2) is 0 Å². The van der Waals surface area contributed by atoms with Gasteiger partial charge < -0.3 is 4.42 Å². The third-order valence-electron chi connectivity index (χ3n) is 7.03. The van der Waals surface area contributed by atoms with Gasteiger partial charge in [0.25, 0.3) is 0 Å². The monoisotopic (exact) mass is 543 g/mol. The van der Waals surface area contributed by atoms with Crippen molar-refractivity contribution in [3.05, 3.63) is 145 Å². The summed E-state index contributed by atoms with van der Waals surface area (Å²) in [6.07, 6.45) is 0. The molecule has 0 N–H and O–H groups in total. The normalized spacial score (nSPS) is 19.8. The van der Waals surface area contributed by atoms with E-state index in [4.69, 9.17) is 27.7 Å². The lowest BCUT2D eigenvalue weighted by Gasteiger charge is -2.20. The molecule has 1 heteroatoms. The first-order chi connectivity index (χ1) is 29.9. The molecule has 9 aromatic rings. The van der Waals surface area contributed by atoms with Crippen LogP contribution in [-0.2, 0) is 0 Å². The fourth-order valence-corrected chi connectivity index (χ4v) is 5.40. The zero-order valence-electron chi connectivity index (χ0n) is 43.5. The van der Waals surface area contributed by atoms with Gasteiger partial charge in [-0.25, -0.2) is 0 Å². The van der Waals surface area contributed by atoms with Crippen molar-refractivity contribution in [1.29, 1.82) is 0 Å². The zero-order chi connectivity index (χ0) is 46.9. The molecule has 1 nitrogen and oxygen atoms in total. The van der Waals surface area contributed by atoms with Gasteiger partial charge in [-0.1, -0.05) is 127 Å². The Bertz CT molecular complexity index is 3680. The van der Waals surface area contributed by atoms with Gasteiger partial charge in [-0.2, -0.15) is 0 Å². The Hall–Kier alpha value is -5.40. The first-order valence-corrected chi connectivity index (χ1v) is 12.2. The number of hydrogen-bond donors (Lipinski definition) is 0. The van der Waals surface area contributed by atoms with Gasteiger partial charge in [-0.05, 0) is 83.5 Å². The Kier molecular flexibility index (Phi) is 2.00. The summed E-state index contributed by atoms with van der Waals surface area (Å²) in [6, 6.07) is -17.7. The number of furan rings is 1. The molecule has 0 fully saturated rings. The Labute approximate surface area is 269 Å². The highest BCUT2D eigenvalue weighted by Gasteiger charge is 2.21. The molecule has 41 heavy (non-hydrogen) atoms. The minimum atomic E-state index is -0.917. The molecule has 1 aromatic heterocycles. The van der Waals surface area contributed by atoms with E-state index in [9.17, 15) is 8.22 Å². The van der Waals surface area contributed by atoms with Crippen molar-refractivity contribution < 1.29 is 35.9 Å². The Balaban J connectivity index is 1.72. The molecule has 0 amide bonds. The molecule has 0 spiro atoms. The van der Waals surface area contributed by atoms with Gasteiger partial charge in [-0.15, -0.1) is 0 Å². The lowest BCUT2D eigenvalue weighted by Crippen LogP contribution is -1.92. The maximum absolute atomic E-state index is 9.75. The second-order valence-electron chi connectivity index (χ2n) is 9.09. The van der Waals surface area contributed by atoms with Crippen LogP contribution in [0.4, 0.5) is 0 Å². The molecule has 0 unspecified atom stereocenters. The maximum atomic E-state index is 9.75. The summed E-state index contributed by atoms with van der Waals surface area (Å²) in [6.45, 7) is 0. The fourth-order valence-electron chi connectivity index (χ4n) is 5.40. The summed E-state index contributed by atoms with van der Waals surface area (Å²) in [5.74, 6) is 0. The van der Waals surface area contributed by atoms with Crippen LogP contribution in [0.3, 0.4) is 0 Å². The first-order valence-electron chi connectivity index (χ1n) is 23.7. The topological polar surface area (TPSA) is 13.1 Å². The van der Waals surface area contributed by atoms with Gasteiger partial charge >= 0.3 is 0 Å². The van der Waals surface area contributed by atoms with Crippen molar-refractivity contribution in [2.45, 2.75) is 0 Å². The van der Waals surface area contributed by atoms with Gasteiger partial charge in [0.05, 0.1) is 31.5 Å². The fraction of sp³-hybridized carbons (Fsp3) is 0. The van der Waals surface area contributed by atoms with Crippen molar-refractivity contribution in [3.8, 4) is 22.3 Å². The Morgan fingerprint density at radius 3 is 1.66 bits per heavy atom. The van der Waals surface area contributed by atoms with Crippen LogP contribution >= 0.6 is 0 Å². The van der Waals surface area contributed by atoms with Crippen LogP contribution in [0.1, 0.15) is 31.5 Å². The minimum absolute atomic E-state index is 0.337. The third-order valence-corrected chi connectivity index (χ3v) is 7.03. The van der Waals surface area contributed by atoms with E-state index in [0.29, 0.717) is 0 Å². The molecule has 0 aliphatic rings. The molecule has 1 heterocycles. The molecule has 0 atom stereocenters. The quantitative estimate of drug-likeness (QED) is 0.156. The van der Waals surface area contributed by atoms with Crippen molar-refractivity contribution >= 4 is 65.0 Å². The third kappa shape index (κ3) is 3.18. The highest BCUT2D eigenvalue weighted by Crippen LogP contribution is 2.48. The predicted octanol–water partition coefficient (Wildman–Crippen LogP) is 11.5. The first kappa shape index (κ1) is 9.61. The van der Waals surface area contributed by atoms with Crippen LogP contribution in [0, 0.1) is 0 Å². The standard InChI is InChI=1S/C40H24O/c1-2-13-26-25(12-1)24-35(28-15-4-3-14-27(26)28)39-31-18-7-5-16-29(31)38(30-17-6-8-19-32(30)39)34-21-11-23-37-40(34)33-20-9-10-22-36(33)41-37/h1-24H/i1D,2D,3D,4D,5D,6D,7D,8D,9D,10D,11D,12D,13D,14D,16D,17D,18D,19D,20D,21D,22D,23D,24D. The Morgan fingerprint density at radius 2 is 0.927 bits per heavy atom. The molecule has 0 radical (unpaired) electrons. The lowest BCUT2D eigenvalue weighted by molar-refractivity contribution is 0.669. The van der Waals surface area contributed by atoms with Gasteiger partial charge in [-0.3, -0.25) is 0 Å². The molecule has 0 aliphatic heterocycles. The summed E-state index contributed by atoms with van der Waals surface area (Å²) in [5, 5.41) is -4.96. The average Bonchev–Trinajstić information content (AvgIpc) is 3.67. The van der Waals surface area contributed by atoms with Crippen molar-refractivity contribution in [3.63, 3.8) is 0 Å². The van der Waals surface area contributed by atoms with E-state index in [0.717, 1.165) is 6.07 Å². The predicted molar refractivity (Wildman–Crippen MR) is 175 cm³/mol. The molecule has 0 aliphatic carbocycles. The smallest absolute Gasteiger partial charge is 0.136 e. The van der Waals surface area contributed by atoms with E-state index in [1.165, 1.54) is 0 Å². The number of benzene rings is 8. The zero-order valence-corrected chi connectivity index (χ0v) is 20.5. The van der Waals surface area contributed by atoms with Crippen LogP contribution in [0.15, 0.2) is 149 Å². The van der Waals surface area contributed by atoms with Crippen molar-refractivity contribution in [1.82, 2.24) is 0 Å². The second kappa shape index (κ2) is 8.55. The summed E-state index contributed by atoms with van der Waals surface area (Å²) < 4.78 is 211. The van der Waals surface area contributed by atoms with E-state index in [-0.39, 0.29) is 10.8 Å². The molecular weight excluding hydrogens is 496 g/mol. The number of fused-ring (bicyclic) bond motifs is 8. The SMILES string of the molecule is [2H]c1cc2c(-c3c4c([2H])c([2H])c([2H])c([2H])c4c(-c4c([2H])c([2H])c([2H])c5oc6c([2H])c([2H])c([2H])c([2H])c6c45)c4c([2H])c([2H])c([2H])c([2H])c34)c([2H])c3c([2H])c([2H])c([2H])c([2H])c3c2c([2H])c1[2H]. The molecule has 9 rings (SSSR count). The van der Waals surface area contributed by atoms with E-state index < -0.39 is 215 Å². The average molecular weight is 544 g/mol. The highest BCUT2D eigenvalue weighted by molar-refractivity contribution is 6.28. The molecule has 0 saturated carbocycles. The molecule has 0 saturated heterocycles. The second-order valence-corrected chi connectivity index (χ2v) is 9.09. The summed E-state index contributed by atoms with van der Waals surface area (Å²) in [4.78, 5) is 0. The maximum Gasteiger partial charge on any atom is 0.136 e. The van der Waals surface area contributed by atoms with Crippen molar-refractivity contribution in [2.75, 3.05) is 0 Å². The van der Waals surface area contributed by atoms with Crippen LogP contribution < -0.4 is 0 Å². The number of rotatable bonds is 2. The molecule has 190 valence electrons. The van der Waals surface area contributed by atoms with Gasteiger partial charge in [0.1, 0.15) is 11.2 Å². The molecule has 0 bridgehead atoms. The van der Waals surface area contributed by atoms with Crippen molar-refractivity contribution in [2.24, 2.45) is 0 Å². The van der Waals surface area contributed by atoms with Gasteiger partial charge in [0.15, 0.2) is 0 Å². The van der Waals surface area contributed by atoms with E-state index in [2.05, 4.69) is 0 Å². The minimum Gasteiger partial charge on any atom is -0.456 e. The number of para-hydroxylation sites is 1. The molecular formula is C40H24O. The summed E-state index contributed by atoms with van der Waals surface area (Å²) in [5.41, 5.74) is -3.33. The summed E-state index contributed by atoms with van der Waals surface area (Å²) >= 11 is 0. The van der Waals surface area contributed by atoms with E-state index >= 15 is 0 Å². The van der Waals surface area contributed by atoms with Crippen LogP contribution in [0.25, 0.3) is 87.3 Å². The lowest BCUT2D eigenvalue weighted by atomic mass is 9.83. The van der Waals surface area contributed by atoms with Gasteiger partial charge in [0, 0.05) is 10.8 Å². The Morgan fingerprint density at radius 1 is 0.390 bits per heavy atom. The van der Waals surface area contributed by atoms with Crippen LogP contribution in [0.2, 0.25) is 0 Å². The summed E-state index contributed by atoms with van der Waals surface area (Å²) in [7, 11) is 0. The molecule has 8 aromatic carbocycles. The van der Waals surface area contributed by atoms with E-state index in [1.54, 1.807) is 0 Å².